The number of nitrogens with zero attached hydrogens (tertiary/aromatic N) is 1. The number of carbonyl (C=O) groups excluding carboxylic acids is 1. The van der Waals surface area contributed by atoms with E-state index in [0.29, 0.717) is 6.61 Å². The summed E-state index contributed by atoms with van der Waals surface area (Å²) in [6, 6.07) is 0. The number of carbonyl (C=O) groups is 1. The number of aldehydes is 1. The monoisotopic (exact) mass is 131 g/mol. The Morgan fingerprint density at radius 3 is 2.67 bits per heavy atom. The van der Waals surface area contributed by atoms with E-state index in [9.17, 15) is 4.79 Å². The third-order valence-corrected chi connectivity index (χ3v) is 0.869. The van der Waals surface area contributed by atoms with Gasteiger partial charge in [0.1, 0.15) is 12.9 Å². The third kappa shape index (κ3) is 7.59. The van der Waals surface area contributed by atoms with Crippen molar-refractivity contribution in [1.82, 2.24) is 4.90 Å². The van der Waals surface area contributed by atoms with Gasteiger partial charge in [0, 0.05) is 6.54 Å². The lowest BCUT2D eigenvalue weighted by atomic mass is 10.6. The fourth-order valence-corrected chi connectivity index (χ4v) is 0.379. The van der Waals surface area contributed by atoms with Gasteiger partial charge in [-0.3, -0.25) is 0 Å². The predicted octanol–water partition coefficient (Wildman–Crippen LogP) is -0.237. The molecule has 0 heterocycles. The highest BCUT2D eigenvalue weighted by molar-refractivity contribution is 5.50. The molecule has 0 radical (unpaired) electrons. The van der Waals surface area contributed by atoms with Crippen LogP contribution in [0.25, 0.3) is 0 Å². The SMILES string of the molecule is CN(C)CCOCC=O. The Labute approximate surface area is 55.6 Å². The molecule has 0 aromatic carbocycles. The Hall–Kier alpha value is -0.410. The van der Waals surface area contributed by atoms with Crippen LogP contribution < -0.4 is 0 Å². The molecule has 0 bridgehead atoms. The maximum atomic E-state index is 9.71. The third-order valence-electron chi connectivity index (χ3n) is 0.869. The number of rotatable bonds is 5. The molecular weight excluding hydrogens is 118 g/mol. The van der Waals surface area contributed by atoms with E-state index in [0.717, 1.165) is 12.8 Å². The van der Waals surface area contributed by atoms with Crippen molar-refractivity contribution in [3.05, 3.63) is 0 Å². The van der Waals surface area contributed by atoms with Crippen LogP contribution in [0.5, 0.6) is 0 Å². The second kappa shape index (κ2) is 5.72. The zero-order valence-electron chi connectivity index (χ0n) is 5.96. The summed E-state index contributed by atoms with van der Waals surface area (Å²) in [6.07, 6.45) is 0.760. The maximum absolute atomic E-state index is 9.71. The van der Waals surface area contributed by atoms with Crippen molar-refractivity contribution in [3.8, 4) is 0 Å². The summed E-state index contributed by atoms with van der Waals surface area (Å²) < 4.78 is 4.88. The molecule has 0 unspecified atom stereocenters. The van der Waals surface area contributed by atoms with Crippen LogP contribution in [0.4, 0.5) is 0 Å². The molecular formula is C6H13NO2. The van der Waals surface area contributed by atoms with Gasteiger partial charge in [0.15, 0.2) is 0 Å². The Morgan fingerprint density at radius 1 is 1.56 bits per heavy atom. The molecule has 0 saturated heterocycles. The fraction of sp³-hybridized carbons (Fsp3) is 0.833. The summed E-state index contributed by atoms with van der Waals surface area (Å²) in [4.78, 5) is 11.7. The van der Waals surface area contributed by atoms with Crippen molar-refractivity contribution >= 4 is 6.29 Å². The van der Waals surface area contributed by atoms with Gasteiger partial charge in [0.2, 0.25) is 0 Å². The summed E-state index contributed by atoms with van der Waals surface area (Å²) in [6.45, 7) is 1.72. The van der Waals surface area contributed by atoms with Crippen LogP contribution in [0.15, 0.2) is 0 Å². The average Bonchev–Trinajstić information content (AvgIpc) is 1.80. The largest absolute Gasteiger partial charge is 0.373 e. The van der Waals surface area contributed by atoms with E-state index in [-0.39, 0.29) is 6.61 Å². The Morgan fingerprint density at radius 2 is 2.22 bits per heavy atom. The lowest BCUT2D eigenvalue weighted by molar-refractivity contribution is -0.111. The van der Waals surface area contributed by atoms with Gasteiger partial charge in [-0.2, -0.15) is 0 Å². The molecule has 0 aliphatic carbocycles. The van der Waals surface area contributed by atoms with Gasteiger partial charge in [-0.25, -0.2) is 0 Å². The van der Waals surface area contributed by atoms with Crippen LogP contribution >= 0.6 is 0 Å². The predicted molar refractivity (Wildman–Crippen MR) is 35.4 cm³/mol. The molecule has 0 aromatic rings. The molecule has 0 spiro atoms. The van der Waals surface area contributed by atoms with E-state index < -0.39 is 0 Å². The van der Waals surface area contributed by atoms with Gasteiger partial charge in [-0.15, -0.1) is 0 Å². The molecule has 0 rings (SSSR count). The van der Waals surface area contributed by atoms with E-state index in [1.165, 1.54) is 0 Å². The number of ether oxygens (including phenoxy) is 1. The lowest BCUT2D eigenvalue weighted by Crippen LogP contribution is -2.18. The van der Waals surface area contributed by atoms with Gasteiger partial charge in [0.05, 0.1) is 6.61 Å². The van der Waals surface area contributed by atoms with Crippen molar-refractivity contribution in [3.63, 3.8) is 0 Å². The second-order valence-corrected chi connectivity index (χ2v) is 2.04. The van der Waals surface area contributed by atoms with Crippen LogP contribution in [0, 0.1) is 0 Å². The van der Waals surface area contributed by atoms with Crippen molar-refractivity contribution in [2.75, 3.05) is 33.9 Å². The van der Waals surface area contributed by atoms with Crippen LogP contribution in [-0.2, 0) is 9.53 Å². The van der Waals surface area contributed by atoms with Gasteiger partial charge >= 0.3 is 0 Å². The van der Waals surface area contributed by atoms with Gasteiger partial charge in [-0.05, 0) is 14.1 Å². The Kier molecular flexibility index (Phi) is 5.46. The highest BCUT2D eigenvalue weighted by atomic mass is 16.5. The van der Waals surface area contributed by atoms with E-state index in [1.807, 2.05) is 19.0 Å². The fourth-order valence-electron chi connectivity index (χ4n) is 0.379. The highest BCUT2D eigenvalue weighted by Crippen LogP contribution is 1.75. The zero-order valence-corrected chi connectivity index (χ0v) is 5.96. The molecule has 3 heteroatoms. The minimum absolute atomic E-state index is 0.216. The standard InChI is InChI=1S/C6H13NO2/c1-7(2)3-5-9-6-4-8/h4H,3,5-6H2,1-2H3. The van der Waals surface area contributed by atoms with Gasteiger partial charge in [-0.1, -0.05) is 0 Å². The molecule has 0 aliphatic rings. The lowest BCUT2D eigenvalue weighted by Gasteiger charge is -2.07. The topological polar surface area (TPSA) is 29.5 Å². The number of hydrogen-bond donors (Lipinski definition) is 0. The minimum Gasteiger partial charge on any atom is -0.373 e. The molecule has 0 aliphatic heterocycles. The first-order chi connectivity index (χ1) is 4.27. The summed E-state index contributed by atoms with van der Waals surface area (Å²) in [5.41, 5.74) is 0. The molecule has 3 nitrogen and oxygen atoms in total. The normalized spacial score (nSPS) is 10.1. The van der Waals surface area contributed by atoms with Gasteiger partial charge < -0.3 is 14.4 Å². The van der Waals surface area contributed by atoms with Crippen LogP contribution in [0.2, 0.25) is 0 Å². The van der Waals surface area contributed by atoms with Gasteiger partial charge in [0.25, 0.3) is 0 Å². The average molecular weight is 131 g/mol. The highest BCUT2D eigenvalue weighted by Gasteiger charge is 1.87. The summed E-state index contributed by atoms with van der Waals surface area (Å²) in [7, 11) is 3.93. The van der Waals surface area contributed by atoms with Crippen molar-refractivity contribution in [2.45, 2.75) is 0 Å². The van der Waals surface area contributed by atoms with Crippen molar-refractivity contribution in [2.24, 2.45) is 0 Å². The van der Waals surface area contributed by atoms with Crippen LogP contribution in [0.1, 0.15) is 0 Å². The van der Waals surface area contributed by atoms with Crippen LogP contribution in [-0.4, -0.2) is 45.0 Å². The Balaban J connectivity index is 2.82. The molecule has 0 N–H and O–H groups in total. The van der Waals surface area contributed by atoms with Crippen molar-refractivity contribution in [1.29, 1.82) is 0 Å². The molecule has 9 heavy (non-hydrogen) atoms. The smallest absolute Gasteiger partial charge is 0.145 e. The quantitative estimate of drug-likeness (QED) is 0.381. The summed E-state index contributed by atoms with van der Waals surface area (Å²) >= 11 is 0. The first-order valence-corrected chi connectivity index (χ1v) is 2.93. The first kappa shape index (κ1) is 8.59. The maximum Gasteiger partial charge on any atom is 0.145 e. The number of hydrogen-bond acceptors (Lipinski definition) is 3. The van der Waals surface area contributed by atoms with E-state index in [1.54, 1.807) is 0 Å². The molecule has 0 aromatic heterocycles. The zero-order chi connectivity index (χ0) is 7.11. The first-order valence-electron chi connectivity index (χ1n) is 2.93. The van der Waals surface area contributed by atoms with E-state index in [2.05, 4.69) is 0 Å². The molecule has 54 valence electrons. The molecule has 0 atom stereocenters. The summed E-state index contributed by atoms with van der Waals surface area (Å²) in [5, 5.41) is 0. The molecule has 0 amide bonds. The molecule has 0 fully saturated rings. The number of likely N-dealkylation sites (N-methyl/N-ethyl adjacent to an activating group) is 1. The molecule has 0 saturated carbocycles. The van der Waals surface area contributed by atoms with Crippen LogP contribution in [0.3, 0.4) is 0 Å². The Bertz CT molecular complexity index is 73.5. The van der Waals surface area contributed by atoms with E-state index >= 15 is 0 Å². The summed E-state index contributed by atoms with van der Waals surface area (Å²) in [5.74, 6) is 0. The van der Waals surface area contributed by atoms with Crippen molar-refractivity contribution < 1.29 is 9.53 Å². The van der Waals surface area contributed by atoms with E-state index in [4.69, 9.17) is 4.74 Å². The second-order valence-electron chi connectivity index (χ2n) is 2.04. The minimum atomic E-state index is 0.216.